The van der Waals surface area contributed by atoms with Gasteiger partial charge in [-0.05, 0) is 52.7 Å². The SMILES string of the molecule is Cc1cccc(C(N)=S)c1Nc1cc(Br)ccc1Br. The summed E-state index contributed by atoms with van der Waals surface area (Å²) in [4.78, 5) is 0.386. The van der Waals surface area contributed by atoms with Crippen LogP contribution in [0.5, 0.6) is 0 Å². The van der Waals surface area contributed by atoms with Crippen LogP contribution in [0.4, 0.5) is 11.4 Å². The second kappa shape index (κ2) is 6.03. The maximum Gasteiger partial charge on any atom is 0.106 e. The fourth-order valence-electron chi connectivity index (χ4n) is 1.77. The largest absolute Gasteiger partial charge is 0.389 e. The molecule has 0 spiro atoms. The number of para-hydroxylation sites is 1. The standard InChI is InChI=1S/C14H12Br2N2S/c1-8-3-2-4-10(14(17)19)13(8)18-12-7-9(15)5-6-11(12)16/h2-7,18H,1H3,(H2,17,19). The lowest BCUT2D eigenvalue weighted by Crippen LogP contribution is -2.12. The molecule has 0 amide bonds. The normalized spacial score (nSPS) is 10.3. The minimum atomic E-state index is 0.386. The number of halogens is 2. The van der Waals surface area contributed by atoms with Crippen LogP contribution in [-0.2, 0) is 0 Å². The Hall–Kier alpha value is -0.910. The van der Waals surface area contributed by atoms with Crippen LogP contribution >= 0.6 is 44.1 Å². The summed E-state index contributed by atoms with van der Waals surface area (Å²) >= 11 is 12.1. The van der Waals surface area contributed by atoms with Crippen molar-refractivity contribution in [3.8, 4) is 0 Å². The fraction of sp³-hybridized carbons (Fsp3) is 0.0714. The molecular formula is C14H12Br2N2S. The van der Waals surface area contributed by atoms with Crippen molar-refractivity contribution < 1.29 is 0 Å². The number of nitrogens with one attached hydrogen (secondary N) is 1. The molecule has 0 heterocycles. The molecule has 0 aliphatic carbocycles. The summed E-state index contributed by atoms with van der Waals surface area (Å²) < 4.78 is 1.98. The van der Waals surface area contributed by atoms with Crippen molar-refractivity contribution in [2.75, 3.05) is 5.32 Å². The molecule has 0 aliphatic heterocycles. The van der Waals surface area contributed by atoms with E-state index in [0.717, 1.165) is 31.4 Å². The molecule has 0 aliphatic rings. The van der Waals surface area contributed by atoms with E-state index in [9.17, 15) is 0 Å². The van der Waals surface area contributed by atoms with Crippen LogP contribution in [0.25, 0.3) is 0 Å². The van der Waals surface area contributed by atoms with E-state index in [4.69, 9.17) is 18.0 Å². The van der Waals surface area contributed by atoms with Crippen LogP contribution in [0.15, 0.2) is 45.3 Å². The number of rotatable bonds is 3. The van der Waals surface area contributed by atoms with Crippen molar-refractivity contribution in [2.45, 2.75) is 6.92 Å². The molecule has 0 bridgehead atoms. The molecule has 3 N–H and O–H groups in total. The zero-order chi connectivity index (χ0) is 14.0. The zero-order valence-electron chi connectivity index (χ0n) is 10.2. The van der Waals surface area contributed by atoms with Crippen molar-refractivity contribution in [2.24, 2.45) is 5.73 Å². The van der Waals surface area contributed by atoms with Gasteiger partial charge in [0.2, 0.25) is 0 Å². The molecule has 2 aromatic rings. The Morgan fingerprint density at radius 3 is 2.63 bits per heavy atom. The highest BCUT2D eigenvalue weighted by Gasteiger charge is 2.10. The second-order valence-electron chi connectivity index (χ2n) is 4.11. The van der Waals surface area contributed by atoms with Crippen LogP contribution in [0.2, 0.25) is 0 Å². The minimum Gasteiger partial charge on any atom is -0.389 e. The van der Waals surface area contributed by atoms with Crippen LogP contribution in [-0.4, -0.2) is 4.99 Å². The number of aryl methyl sites for hydroxylation is 1. The summed E-state index contributed by atoms with van der Waals surface area (Å²) in [6, 6.07) is 11.8. The molecular weight excluding hydrogens is 388 g/mol. The smallest absolute Gasteiger partial charge is 0.106 e. The van der Waals surface area contributed by atoms with Gasteiger partial charge in [0.1, 0.15) is 4.99 Å². The van der Waals surface area contributed by atoms with Gasteiger partial charge >= 0.3 is 0 Å². The summed E-state index contributed by atoms with van der Waals surface area (Å²) in [6.45, 7) is 2.02. The molecule has 19 heavy (non-hydrogen) atoms. The van der Waals surface area contributed by atoms with E-state index in [-0.39, 0.29) is 0 Å². The van der Waals surface area contributed by atoms with Gasteiger partial charge in [0, 0.05) is 14.5 Å². The van der Waals surface area contributed by atoms with E-state index in [0.29, 0.717) is 4.99 Å². The second-order valence-corrected chi connectivity index (χ2v) is 6.32. The molecule has 98 valence electrons. The first-order valence-electron chi connectivity index (χ1n) is 5.60. The number of thiocarbonyl (C=S) groups is 1. The van der Waals surface area contributed by atoms with Crippen LogP contribution in [0, 0.1) is 6.92 Å². The van der Waals surface area contributed by atoms with Crippen molar-refractivity contribution in [3.05, 3.63) is 56.5 Å². The highest BCUT2D eigenvalue weighted by Crippen LogP contribution is 2.31. The lowest BCUT2D eigenvalue weighted by molar-refractivity contribution is 1.40. The van der Waals surface area contributed by atoms with Gasteiger partial charge in [-0.3, -0.25) is 0 Å². The Morgan fingerprint density at radius 1 is 1.21 bits per heavy atom. The summed E-state index contributed by atoms with van der Waals surface area (Å²) in [6.07, 6.45) is 0. The molecule has 0 aromatic heterocycles. The molecule has 2 nitrogen and oxygen atoms in total. The van der Waals surface area contributed by atoms with Crippen LogP contribution < -0.4 is 11.1 Å². The number of benzene rings is 2. The highest BCUT2D eigenvalue weighted by atomic mass is 79.9. The van der Waals surface area contributed by atoms with Crippen molar-refractivity contribution in [3.63, 3.8) is 0 Å². The third-order valence-corrected chi connectivity index (χ3v) is 4.13. The van der Waals surface area contributed by atoms with Gasteiger partial charge in [-0.2, -0.15) is 0 Å². The van der Waals surface area contributed by atoms with Gasteiger partial charge in [0.25, 0.3) is 0 Å². The predicted octanol–water partition coefficient (Wildman–Crippen LogP) is 4.90. The van der Waals surface area contributed by atoms with Gasteiger partial charge in [0.05, 0.1) is 11.4 Å². The number of anilines is 2. The van der Waals surface area contributed by atoms with Crippen molar-refractivity contribution >= 4 is 60.4 Å². The van der Waals surface area contributed by atoms with Gasteiger partial charge in [-0.15, -0.1) is 0 Å². The lowest BCUT2D eigenvalue weighted by atomic mass is 10.1. The first-order valence-corrected chi connectivity index (χ1v) is 7.60. The molecule has 0 fully saturated rings. The molecule has 0 saturated heterocycles. The van der Waals surface area contributed by atoms with Crippen molar-refractivity contribution in [1.29, 1.82) is 0 Å². The van der Waals surface area contributed by atoms with E-state index in [1.54, 1.807) is 0 Å². The Balaban J connectivity index is 2.49. The predicted molar refractivity (Wildman–Crippen MR) is 92.2 cm³/mol. The molecule has 0 atom stereocenters. The summed E-state index contributed by atoms with van der Waals surface area (Å²) in [7, 11) is 0. The average molecular weight is 400 g/mol. The number of hydrogen-bond donors (Lipinski definition) is 2. The number of hydrogen-bond acceptors (Lipinski definition) is 2. The zero-order valence-corrected chi connectivity index (χ0v) is 14.2. The summed E-state index contributed by atoms with van der Waals surface area (Å²) in [5.41, 5.74) is 9.62. The Morgan fingerprint density at radius 2 is 1.95 bits per heavy atom. The maximum absolute atomic E-state index is 5.78. The van der Waals surface area contributed by atoms with Crippen molar-refractivity contribution in [1.82, 2.24) is 0 Å². The van der Waals surface area contributed by atoms with Gasteiger partial charge in [-0.1, -0.05) is 40.3 Å². The topological polar surface area (TPSA) is 38.0 Å². The average Bonchev–Trinajstić information content (AvgIpc) is 2.35. The lowest BCUT2D eigenvalue weighted by Gasteiger charge is -2.15. The van der Waals surface area contributed by atoms with E-state index in [2.05, 4.69) is 37.2 Å². The summed E-state index contributed by atoms with van der Waals surface area (Å²) in [5.74, 6) is 0. The van der Waals surface area contributed by atoms with Gasteiger partial charge in [0.15, 0.2) is 0 Å². The van der Waals surface area contributed by atoms with E-state index >= 15 is 0 Å². The minimum absolute atomic E-state index is 0.386. The van der Waals surface area contributed by atoms with Crippen LogP contribution in [0.3, 0.4) is 0 Å². The number of nitrogens with two attached hydrogens (primary N) is 1. The summed E-state index contributed by atoms with van der Waals surface area (Å²) in [5, 5.41) is 3.39. The molecule has 2 rings (SSSR count). The molecule has 0 unspecified atom stereocenters. The molecule has 0 saturated carbocycles. The Kier molecular flexibility index (Phi) is 4.60. The Labute approximate surface area is 134 Å². The van der Waals surface area contributed by atoms with Gasteiger partial charge in [-0.25, -0.2) is 0 Å². The van der Waals surface area contributed by atoms with E-state index in [1.165, 1.54) is 0 Å². The quantitative estimate of drug-likeness (QED) is 0.721. The third kappa shape index (κ3) is 3.35. The first kappa shape index (κ1) is 14.5. The van der Waals surface area contributed by atoms with E-state index in [1.807, 2.05) is 43.3 Å². The van der Waals surface area contributed by atoms with E-state index < -0.39 is 0 Å². The molecule has 5 heteroatoms. The van der Waals surface area contributed by atoms with Crippen LogP contribution in [0.1, 0.15) is 11.1 Å². The highest BCUT2D eigenvalue weighted by molar-refractivity contribution is 9.11. The Bertz CT molecular complexity index is 641. The monoisotopic (exact) mass is 398 g/mol. The third-order valence-electron chi connectivity index (χ3n) is 2.73. The molecule has 2 aromatic carbocycles. The fourth-order valence-corrected chi connectivity index (χ4v) is 2.64. The molecule has 0 radical (unpaired) electrons. The van der Waals surface area contributed by atoms with Gasteiger partial charge < -0.3 is 11.1 Å². The first-order chi connectivity index (χ1) is 8.99. The maximum atomic E-state index is 5.78.